The number of carbonyl (C=O) groups excluding carboxylic acids is 1. The van der Waals surface area contributed by atoms with Crippen LogP contribution in [0.3, 0.4) is 0 Å². The number of sulfonamides is 1. The van der Waals surface area contributed by atoms with E-state index in [4.69, 9.17) is 27.6 Å². The van der Waals surface area contributed by atoms with E-state index in [9.17, 15) is 13.2 Å². The van der Waals surface area contributed by atoms with Crippen LogP contribution < -0.4 is 5.32 Å². The molecule has 0 saturated carbocycles. The standard InChI is InChI=1S/C15H14Cl2N2O4S/c16-10-3-4-11(17)12(9-10)18-15(20)13-5-6-14(23-13)24(21,22)19-7-1-2-8-19/h3-6,9H,1-2,7-8H2,(H,18,20). The van der Waals surface area contributed by atoms with Crippen molar-refractivity contribution in [2.45, 2.75) is 17.9 Å². The van der Waals surface area contributed by atoms with Crippen molar-refractivity contribution in [2.24, 2.45) is 0 Å². The van der Waals surface area contributed by atoms with Crippen LogP contribution in [0.2, 0.25) is 10.0 Å². The van der Waals surface area contributed by atoms with Gasteiger partial charge >= 0.3 is 0 Å². The average molecular weight is 389 g/mol. The molecule has 0 spiro atoms. The zero-order chi connectivity index (χ0) is 17.3. The Hall–Kier alpha value is -1.54. The lowest BCUT2D eigenvalue weighted by molar-refractivity contribution is 0.0991. The Morgan fingerprint density at radius 3 is 2.54 bits per heavy atom. The maximum Gasteiger partial charge on any atom is 0.291 e. The first-order chi connectivity index (χ1) is 11.4. The van der Waals surface area contributed by atoms with Crippen molar-refractivity contribution in [1.29, 1.82) is 0 Å². The summed E-state index contributed by atoms with van der Waals surface area (Å²) in [5, 5.41) is 3.02. The molecule has 1 fully saturated rings. The van der Waals surface area contributed by atoms with Crippen LogP contribution in [0.15, 0.2) is 39.8 Å². The van der Waals surface area contributed by atoms with Crippen molar-refractivity contribution in [3.63, 3.8) is 0 Å². The van der Waals surface area contributed by atoms with Crippen molar-refractivity contribution in [1.82, 2.24) is 4.31 Å². The van der Waals surface area contributed by atoms with Crippen LogP contribution in [0.1, 0.15) is 23.4 Å². The lowest BCUT2D eigenvalue weighted by atomic mass is 10.3. The smallest absolute Gasteiger partial charge is 0.291 e. The number of carbonyl (C=O) groups is 1. The first kappa shape index (κ1) is 17.3. The summed E-state index contributed by atoms with van der Waals surface area (Å²) < 4.78 is 31.4. The van der Waals surface area contributed by atoms with Crippen LogP contribution in [0.5, 0.6) is 0 Å². The third-order valence-corrected chi connectivity index (χ3v) is 5.98. The number of hydrogen-bond donors (Lipinski definition) is 1. The molecule has 24 heavy (non-hydrogen) atoms. The Morgan fingerprint density at radius 2 is 1.83 bits per heavy atom. The van der Waals surface area contributed by atoms with Crippen LogP contribution >= 0.6 is 23.2 Å². The number of rotatable bonds is 4. The van der Waals surface area contributed by atoms with Gasteiger partial charge in [-0.1, -0.05) is 23.2 Å². The number of amides is 1. The van der Waals surface area contributed by atoms with Crippen molar-refractivity contribution in [2.75, 3.05) is 18.4 Å². The van der Waals surface area contributed by atoms with Gasteiger partial charge in [-0.15, -0.1) is 0 Å². The van der Waals surface area contributed by atoms with Crippen LogP contribution in [-0.4, -0.2) is 31.7 Å². The van der Waals surface area contributed by atoms with Crippen LogP contribution in [0, 0.1) is 0 Å². The highest BCUT2D eigenvalue weighted by molar-refractivity contribution is 7.89. The van der Waals surface area contributed by atoms with E-state index in [0.29, 0.717) is 28.8 Å². The van der Waals surface area contributed by atoms with E-state index >= 15 is 0 Å². The van der Waals surface area contributed by atoms with Gasteiger partial charge in [0.25, 0.3) is 15.9 Å². The molecule has 1 aromatic heterocycles. The summed E-state index contributed by atoms with van der Waals surface area (Å²) in [5.41, 5.74) is 0.314. The van der Waals surface area contributed by atoms with Gasteiger partial charge in [-0.3, -0.25) is 4.79 Å². The zero-order valence-electron chi connectivity index (χ0n) is 12.5. The number of benzene rings is 1. The fraction of sp³-hybridized carbons (Fsp3) is 0.267. The van der Waals surface area contributed by atoms with Crippen LogP contribution in [-0.2, 0) is 10.0 Å². The summed E-state index contributed by atoms with van der Waals surface area (Å²) in [6, 6.07) is 7.23. The van der Waals surface area contributed by atoms with Gasteiger partial charge in [0.2, 0.25) is 5.09 Å². The second-order valence-corrected chi connectivity index (χ2v) is 8.02. The molecule has 6 nitrogen and oxygen atoms in total. The fourth-order valence-electron chi connectivity index (χ4n) is 2.41. The number of hydrogen-bond acceptors (Lipinski definition) is 4. The van der Waals surface area contributed by atoms with Gasteiger partial charge in [0.05, 0.1) is 10.7 Å². The van der Waals surface area contributed by atoms with E-state index in [-0.39, 0.29) is 10.9 Å². The molecule has 1 amide bonds. The minimum absolute atomic E-state index is 0.121. The van der Waals surface area contributed by atoms with Crippen molar-refractivity contribution < 1.29 is 17.6 Å². The van der Waals surface area contributed by atoms with Gasteiger partial charge in [0.15, 0.2) is 5.76 Å². The zero-order valence-corrected chi connectivity index (χ0v) is 14.8. The molecule has 0 aliphatic carbocycles. The van der Waals surface area contributed by atoms with Gasteiger partial charge < -0.3 is 9.73 Å². The summed E-state index contributed by atoms with van der Waals surface area (Å²) in [5.74, 6) is -0.731. The van der Waals surface area contributed by atoms with Gasteiger partial charge in [-0.05, 0) is 43.2 Å². The van der Waals surface area contributed by atoms with E-state index in [1.807, 2.05) is 0 Å². The molecule has 1 aliphatic heterocycles. The molecular weight excluding hydrogens is 375 g/mol. The predicted molar refractivity (Wildman–Crippen MR) is 91.1 cm³/mol. The maximum atomic E-state index is 12.4. The Balaban J connectivity index is 1.80. The quantitative estimate of drug-likeness (QED) is 0.866. The number of nitrogens with zero attached hydrogens (tertiary/aromatic N) is 1. The molecule has 0 bridgehead atoms. The molecule has 128 valence electrons. The predicted octanol–water partition coefficient (Wildman–Crippen LogP) is 3.62. The van der Waals surface area contributed by atoms with Gasteiger partial charge in [-0.2, -0.15) is 4.31 Å². The van der Waals surface area contributed by atoms with Crippen LogP contribution in [0.4, 0.5) is 5.69 Å². The SMILES string of the molecule is O=C(Nc1cc(Cl)ccc1Cl)c1ccc(S(=O)(=O)N2CCCC2)o1. The largest absolute Gasteiger partial charge is 0.438 e. The normalized spacial score (nSPS) is 15.6. The molecule has 1 aromatic carbocycles. The van der Waals surface area contributed by atoms with E-state index in [0.717, 1.165) is 12.8 Å². The Kier molecular flexibility index (Phi) is 4.87. The highest BCUT2D eigenvalue weighted by atomic mass is 35.5. The molecule has 0 radical (unpaired) electrons. The van der Waals surface area contributed by atoms with Crippen molar-refractivity contribution in [3.8, 4) is 0 Å². The Labute approximate surface area is 149 Å². The summed E-state index contributed by atoms with van der Waals surface area (Å²) >= 11 is 11.8. The molecule has 1 N–H and O–H groups in total. The fourth-order valence-corrected chi connectivity index (χ4v) is 4.18. The minimum atomic E-state index is -3.70. The number of halogens is 2. The third kappa shape index (κ3) is 3.44. The van der Waals surface area contributed by atoms with Gasteiger partial charge in [0, 0.05) is 18.1 Å². The Morgan fingerprint density at radius 1 is 1.12 bits per heavy atom. The molecule has 9 heteroatoms. The number of nitrogens with one attached hydrogen (secondary N) is 1. The van der Waals surface area contributed by atoms with E-state index in [1.165, 1.54) is 22.5 Å². The summed E-state index contributed by atoms with van der Waals surface area (Å²) in [6.07, 6.45) is 1.64. The first-order valence-corrected chi connectivity index (χ1v) is 9.44. The van der Waals surface area contributed by atoms with E-state index in [1.54, 1.807) is 12.1 Å². The molecule has 0 atom stereocenters. The third-order valence-electron chi connectivity index (χ3n) is 3.64. The minimum Gasteiger partial charge on any atom is -0.438 e. The molecule has 0 unspecified atom stereocenters. The topological polar surface area (TPSA) is 79.6 Å². The lowest BCUT2D eigenvalue weighted by Gasteiger charge is -2.12. The molecule has 1 saturated heterocycles. The van der Waals surface area contributed by atoms with Gasteiger partial charge in [-0.25, -0.2) is 8.42 Å². The van der Waals surface area contributed by atoms with E-state index < -0.39 is 15.9 Å². The van der Waals surface area contributed by atoms with Crippen molar-refractivity contribution in [3.05, 3.63) is 46.1 Å². The summed E-state index contributed by atoms with van der Waals surface area (Å²) in [7, 11) is -3.70. The maximum absolute atomic E-state index is 12.4. The molecule has 1 aliphatic rings. The Bertz CT molecular complexity index is 873. The lowest BCUT2D eigenvalue weighted by Crippen LogP contribution is -2.27. The van der Waals surface area contributed by atoms with Gasteiger partial charge in [0.1, 0.15) is 0 Å². The second kappa shape index (κ2) is 6.76. The monoisotopic (exact) mass is 388 g/mol. The average Bonchev–Trinajstić information content (AvgIpc) is 3.22. The first-order valence-electron chi connectivity index (χ1n) is 7.24. The van der Waals surface area contributed by atoms with E-state index in [2.05, 4.69) is 5.32 Å². The summed E-state index contributed by atoms with van der Waals surface area (Å²) in [4.78, 5) is 12.2. The molecular formula is C15H14Cl2N2O4S. The molecule has 3 rings (SSSR count). The summed E-state index contributed by atoms with van der Waals surface area (Å²) in [6.45, 7) is 0.922. The van der Waals surface area contributed by atoms with Crippen molar-refractivity contribution >= 4 is 44.8 Å². The second-order valence-electron chi connectivity index (χ2n) is 5.31. The number of furan rings is 1. The molecule has 2 heterocycles. The number of anilines is 1. The van der Waals surface area contributed by atoms with Crippen LogP contribution in [0.25, 0.3) is 0 Å². The molecule has 2 aromatic rings. The highest BCUT2D eigenvalue weighted by Crippen LogP contribution is 2.27. The highest BCUT2D eigenvalue weighted by Gasteiger charge is 2.30.